The lowest BCUT2D eigenvalue weighted by molar-refractivity contribution is -0.115. The summed E-state index contributed by atoms with van der Waals surface area (Å²) in [5.74, 6) is -0.681. The van der Waals surface area contributed by atoms with Crippen molar-refractivity contribution in [1.82, 2.24) is 14.7 Å². The molecule has 1 aromatic heterocycles. The highest BCUT2D eigenvalue weighted by Gasteiger charge is 2.19. The quantitative estimate of drug-likeness (QED) is 0.407. The van der Waals surface area contributed by atoms with Gasteiger partial charge in [0.2, 0.25) is 21.7 Å². The number of carbonyl (C=O) groups excluding carboxylic acids is 1. The third-order valence-corrected chi connectivity index (χ3v) is 7.06. The Morgan fingerprint density at radius 2 is 1.45 bits per heavy atom. The molecule has 0 fully saturated rings. The molecule has 0 atom stereocenters. The van der Waals surface area contributed by atoms with E-state index in [0.717, 1.165) is 5.56 Å². The zero-order valence-electron chi connectivity index (χ0n) is 17.6. The molecule has 0 bridgehead atoms. The number of aromatic nitrogens is 2. The van der Waals surface area contributed by atoms with Crippen LogP contribution in [0.1, 0.15) is 5.56 Å². The number of hydrogen-bond acceptors (Lipinski definition) is 8. The van der Waals surface area contributed by atoms with Crippen molar-refractivity contribution in [3.63, 3.8) is 0 Å². The lowest BCUT2D eigenvalue weighted by atomic mass is 10.2. The van der Waals surface area contributed by atoms with Gasteiger partial charge in [0, 0.05) is 18.1 Å². The highest BCUT2D eigenvalue weighted by molar-refractivity contribution is 7.92. The summed E-state index contributed by atoms with van der Waals surface area (Å²) in [6.45, 7) is 1.33. The fraction of sp³-hybridized carbons (Fsp3) is 0.150. The lowest BCUT2D eigenvalue weighted by Gasteiger charge is -2.11. The zero-order chi connectivity index (χ0) is 24.1. The Hall–Kier alpha value is -3.55. The summed E-state index contributed by atoms with van der Waals surface area (Å²) in [6.07, 6.45) is 2.67. The molecule has 0 unspecified atom stereocenters. The highest BCUT2D eigenvalue weighted by atomic mass is 32.2. The number of nitrogens with zero attached hydrogens (tertiary/aromatic N) is 2. The molecule has 0 aliphatic heterocycles. The Kier molecular flexibility index (Phi) is 7.26. The largest absolute Gasteiger partial charge is 0.478 e. The highest BCUT2D eigenvalue weighted by Crippen LogP contribution is 2.22. The summed E-state index contributed by atoms with van der Waals surface area (Å²) in [5, 5.41) is 2.50. The molecule has 3 N–H and O–H groups in total. The fourth-order valence-electron chi connectivity index (χ4n) is 2.61. The predicted molar refractivity (Wildman–Crippen MR) is 121 cm³/mol. The summed E-state index contributed by atoms with van der Waals surface area (Å²) >= 11 is 0. The van der Waals surface area contributed by atoms with Gasteiger partial charge in [-0.15, -0.1) is 0 Å². The number of aryl methyl sites for hydroxylation is 1. The minimum atomic E-state index is -3.99. The Balaban J connectivity index is 1.61. The molecule has 0 saturated heterocycles. The van der Waals surface area contributed by atoms with Crippen molar-refractivity contribution in [3.05, 3.63) is 66.5 Å². The van der Waals surface area contributed by atoms with Crippen molar-refractivity contribution in [1.29, 1.82) is 0 Å². The molecule has 0 radical (unpaired) electrons. The van der Waals surface area contributed by atoms with Crippen LogP contribution < -0.4 is 19.5 Å². The van der Waals surface area contributed by atoms with E-state index in [0.29, 0.717) is 0 Å². The van der Waals surface area contributed by atoms with Crippen LogP contribution >= 0.6 is 0 Å². The monoisotopic (exact) mass is 491 g/mol. The number of benzene rings is 2. The number of nitrogens with one attached hydrogen (secondary N) is 3. The molecular formula is C20H21N5O6S2. The van der Waals surface area contributed by atoms with Crippen molar-refractivity contribution in [2.45, 2.75) is 16.7 Å². The summed E-state index contributed by atoms with van der Waals surface area (Å²) in [6, 6.07) is 11.5. The molecule has 3 aromatic rings. The van der Waals surface area contributed by atoms with Crippen LogP contribution in [-0.2, 0) is 24.8 Å². The smallest absolute Gasteiger partial charge is 0.263 e. The molecule has 0 aliphatic rings. The van der Waals surface area contributed by atoms with Gasteiger partial charge >= 0.3 is 0 Å². The molecule has 33 heavy (non-hydrogen) atoms. The average molecular weight is 492 g/mol. The molecule has 0 saturated carbocycles. The maximum atomic E-state index is 12.6. The van der Waals surface area contributed by atoms with Gasteiger partial charge in [0.15, 0.2) is 0 Å². The number of methoxy groups -OCH3 is 1. The van der Waals surface area contributed by atoms with Crippen LogP contribution in [-0.4, -0.2) is 46.4 Å². The number of carbonyl (C=O) groups is 1. The number of rotatable bonds is 9. The van der Waals surface area contributed by atoms with Crippen molar-refractivity contribution in [2.75, 3.05) is 23.7 Å². The third kappa shape index (κ3) is 6.25. The Morgan fingerprint density at radius 3 is 2.09 bits per heavy atom. The van der Waals surface area contributed by atoms with E-state index in [2.05, 4.69) is 24.7 Å². The van der Waals surface area contributed by atoms with Gasteiger partial charge in [-0.25, -0.2) is 31.5 Å². The van der Waals surface area contributed by atoms with E-state index in [-0.39, 0.29) is 27.2 Å². The van der Waals surface area contributed by atoms with E-state index in [1.165, 1.54) is 55.9 Å². The summed E-state index contributed by atoms with van der Waals surface area (Å²) in [4.78, 5) is 19.9. The number of ether oxygens (including phenoxy) is 1. The van der Waals surface area contributed by atoms with Gasteiger partial charge < -0.3 is 10.1 Å². The van der Waals surface area contributed by atoms with Crippen LogP contribution in [0, 0.1) is 6.92 Å². The SMILES string of the molecule is COc1nccnc1NS(=O)(=O)c1ccc(NC(=O)CNS(=O)(=O)c2ccc(C)cc2)cc1. The van der Waals surface area contributed by atoms with Gasteiger partial charge in [-0.3, -0.25) is 9.52 Å². The Bertz CT molecular complexity index is 1340. The molecule has 13 heteroatoms. The van der Waals surface area contributed by atoms with Gasteiger partial charge in [-0.1, -0.05) is 17.7 Å². The van der Waals surface area contributed by atoms with Gasteiger partial charge in [-0.2, -0.15) is 0 Å². The number of hydrogen-bond donors (Lipinski definition) is 3. The van der Waals surface area contributed by atoms with E-state index in [4.69, 9.17) is 4.74 Å². The lowest BCUT2D eigenvalue weighted by Crippen LogP contribution is -2.32. The van der Waals surface area contributed by atoms with Crippen LogP contribution in [0.25, 0.3) is 0 Å². The molecule has 1 amide bonds. The summed E-state index contributed by atoms with van der Waals surface area (Å²) in [5.41, 5.74) is 1.19. The molecule has 1 heterocycles. The molecule has 3 rings (SSSR count). The van der Waals surface area contributed by atoms with Crippen LogP contribution in [0.3, 0.4) is 0 Å². The predicted octanol–water partition coefficient (Wildman–Crippen LogP) is 1.51. The molecule has 0 aliphatic carbocycles. The van der Waals surface area contributed by atoms with Gasteiger partial charge in [0.25, 0.3) is 15.9 Å². The molecule has 2 aromatic carbocycles. The van der Waals surface area contributed by atoms with E-state index < -0.39 is 32.5 Å². The molecule has 11 nitrogen and oxygen atoms in total. The zero-order valence-corrected chi connectivity index (χ0v) is 19.3. The van der Waals surface area contributed by atoms with E-state index in [1.54, 1.807) is 12.1 Å². The molecule has 174 valence electrons. The first-order chi connectivity index (χ1) is 15.6. The standard InChI is InChI=1S/C20H21N5O6S2/c1-14-3-7-16(8-4-14)32(27,28)23-13-18(26)24-15-5-9-17(10-6-15)33(29,30)25-19-20(31-2)22-12-11-21-19/h3-12,23H,13H2,1-2H3,(H,21,25)(H,24,26). The van der Waals surface area contributed by atoms with Gasteiger partial charge in [0.05, 0.1) is 23.4 Å². The Labute approximate surface area is 191 Å². The van der Waals surface area contributed by atoms with Crippen LogP contribution in [0.4, 0.5) is 11.5 Å². The second kappa shape index (κ2) is 9.94. The normalized spacial score (nSPS) is 11.6. The summed E-state index contributed by atoms with van der Waals surface area (Å²) in [7, 11) is -6.50. The molecular weight excluding hydrogens is 470 g/mol. The number of sulfonamides is 2. The van der Waals surface area contributed by atoms with Crippen molar-refractivity contribution >= 4 is 37.5 Å². The minimum absolute atomic E-state index is 0.0121. The minimum Gasteiger partial charge on any atom is -0.478 e. The van der Waals surface area contributed by atoms with Crippen LogP contribution in [0.15, 0.2) is 70.7 Å². The first-order valence-electron chi connectivity index (χ1n) is 9.45. The van der Waals surface area contributed by atoms with E-state index >= 15 is 0 Å². The van der Waals surface area contributed by atoms with Gasteiger partial charge in [0.1, 0.15) is 0 Å². The van der Waals surface area contributed by atoms with Gasteiger partial charge in [-0.05, 0) is 43.3 Å². The fourth-order valence-corrected chi connectivity index (χ4v) is 4.60. The van der Waals surface area contributed by atoms with Crippen molar-refractivity contribution < 1.29 is 26.4 Å². The third-order valence-electron chi connectivity index (χ3n) is 4.29. The van der Waals surface area contributed by atoms with Crippen molar-refractivity contribution in [3.8, 4) is 5.88 Å². The first kappa shape index (κ1) is 24.1. The molecule has 0 spiro atoms. The van der Waals surface area contributed by atoms with Crippen LogP contribution in [0.2, 0.25) is 0 Å². The number of anilines is 2. The Morgan fingerprint density at radius 1 is 0.879 bits per heavy atom. The summed E-state index contributed by atoms with van der Waals surface area (Å²) < 4.78 is 59.2. The van der Waals surface area contributed by atoms with E-state index in [9.17, 15) is 21.6 Å². The van der Waals surface area contributed by atoms with Crippen molar-refractivity contribution in [2.24, 2.45) is 0 Å². The van der Waals surface area contributed by atoms with E-state index in [1.807, 2.05) is 6.92 Å². The maximum absolute atomic E-state index is 12.6. The first-order valence-corrected chi connectivity index (χ1v) is 12.4. The second-order valence-electron chi connectivity index (χ2n) is 6.73. The average Bonchev–Trinajstić information content (AvgIpc) is 2.78. The number of amides is 1. The topological polar surface area (TPSA) is 156 Å². The maximum Gasteiger partial charge on any atom is 0.263 e. The second-order valence-corrected chi connectivity index (χ2v) is 10.2. The van der Waals surface area contributed by atoms with Crippen LogP contribution in [0.5, 0.6) is 5.88 Å².